The van der Waals surface area contributed by atoms with Crippen LogP contribution in [0.15, 0.2) is 23.0 Å². The topological polar surface area (TPSA) is 76.3 Å². The van der Waals surface area contributed by atoms with E-state index >= 15 is 0 Å². The quantitative estimate of drug-likeness (QED) is 0.819. The van der Waals surface area contributed by atoms with Crippen molar-refractivity contribution in [3.8, 4) is 0 Å². The second-order valence-electron chi connectivity index (χ2n) is 7.50. The van der Waals surface area contributed by atoms with Gasteiger partial charge in [0.15, 0.2) is 0 Å². The van der Waals surface area contributed by atoms with E-state index in [1.807, 2.05) is 6.07 Å². The Morgan fingerprint density at radius 1 is 1.00 bits per heavy atom. The second kappa shape index (κ2) is 6.39. The number of piperidine rings is 2. The normalized spacial score (nSPS) is 22.8. The van der Waals surface area contributed by atoms with Crippen molar-refractivity contribution >= 4 is 22.8 Å². The number of rotatable bonds is 2. The molecule has 2 fully saturated rings. The zero-order valence-electron chi connectivity index (χ0n) is 15.2. The summed E-state index contributed by atoms with van der Waals surface area (Å²) in [5, 5.41) is 2.34. The maximum absolute atomic E-state index is 12.8. The van der Waals surface area contributed by atoms with Crippen LogP contribution in [-0.4, -0.2) is 46.0 Å². The molecule has 2 amide bonds. The fourth-order valence-electron chi connectivity index (χ4n) is 4.21. The molecule has 1 unspecified atom stereocenters. The van der Waals surface area contributed by atoms with Gasteiger partial charge in [0.05, 0.1) is 11.0 Å². The Bertz CT molecular complexity index is 934. The fourth-order valence-corrected chi connectivity index (χ4v) is 4.21. The summed E-state index contributed by atoms with van der Waals surface area (Å²) in [6.45, 7) is 2.16. The highest BCUT2D eigenvalue weighted by molar-refractivity contribution is 6.00. The number of likely N-dealkylation sites (tertiary alicyclic amines) is 1. The number of hydrogen-bond donors (Lipinski definition) is 1. The lowest BCUT2D eigenvalue weighted by atomic mass is 9.89. The average Bonchev–Trinajstić information content (AvgIpc) is 2.87. The Labute approximate surface area is 151 Å². The van der Waals surface area contributed by atoms with E-state index in [-0.39, 0.29) is 18.0 Å². The van der Waals surface area contributed by atoms with Gasteiger partial charge in [0.25, 0.3) is 0 Å². The summed E-state index contributed by atoms with van der Waals surface area (Å²) in [6, 6.07) is 5.50. The highest BCUT2D eigenvalue weighted by Crippen LogP contribution is 2.30. The first kappa shape index (κ1) is 17.0. The van der Waals surface area contributed by atoms with Crippen LogP contribution in [0, 0.1) is 0 Å². The number of carbonyl (C=O) groups is 2. The van der Waals surface area contributed by atoms with Crippen LogP contribution in [0.25, 0.3) is 11.0 Å². The maximum Gasteiger partial charge on any atom is 0.329 e. The lowest BCUT2D eigenvalue weighted by molar-refractivity contribution is -0.135. The number of aryl methyl sites for hydroxylation is 1. The summed E-state index contributed by atoms with van der Waals surface area (Å²) >= 11 is 0. The van der Waals surface area contributed by atoms with E-state index in [2.05, 4.69) is 29.4 Å². The number of benzene rings is 1. The molecule has 1 N–H and O–H groups in total. The Hall–Kier alpha value is -2.41. The number of imidazole rings is 1. The molecule has 26 heavy (non-hydrogen) atoms. The molecule has 2 aliphatic rings. The van der Waals surface area contributed by atoms with Crippen LogP contribution in [0.3, 0.4) is 0 Å². The molecule has 1 aromatic carbocycles. The third-order valence-electron chi connectivity index (χ3n) is 5.83. The molecule has 2 aromatic rings. The van der Waals surface area contributed by atoms with E-state index in [1.165, 1.54) is 10.1 Å². The van der Waals surface area contributed by atoms with Crippen molar-refractivity contribution in [1.82, 2.24) is 19.4 Å². The lowest BCUT2D eigenvalue weighted by Gasteiger charge is -2.29. The fraction of sp³-hybridized carbons (Fsp3) is 0.526. The number of fused-ring (bicyclic) bond motifs is 1. The van der Waals surface area contributed by atoms with Crippen molar-refractivity contribution in [2.24, 2.45) is 7.05 Å². The number of imide groups is 1. The average molecular weight is 356 g/mol. The molecule has 4 rings (SSSR count). The molecule has 138 valence electrons. The van der Waals surface area contributed by atoms with E-state index in [1.54, 1.807) is 11.6 Å². The molecule has 1 aromatic heterocycles. The molecule has 7 nitrogen and oxygen atoms in total. The molecule has 7 heteroatoms. The third-order valence-corrected chi connectivity index (χ3v) is 5.83. The van der Waals surface area contributed by atoms with Crippen molar-refractivity contribution < 1.29 is 9.59 Å². The summed E-state index contributed by atoms with van der Waals surface area (Å²) in [4.78, 5) is 38.8. The first-order valence-electron chi connectivity index (χ1n) is 9.19. The van der Waals surface area contributed by atoms with Gasteiger partial charge < -0.3 is 4.90 Å². The maximum atomic E-state index is 12.8. The van der Waals surface area contributed by atoms with Gasteiger partial charge in [0.1, 0.15) is 6.04 Å². The zero-order chi connectivity index (χ0) is 18.4. The molecule has 2 aliphatic heterocycles. The van der Waals surface area contributed by atoms with Gasteiger partial charge in [-0.1, -0.05) is 6.07 Å². The minimum absolute atomic E-state index is 0.213. The highest BCUT2D eigenvalue weighted by Gasteiger charge is 2.31. The zero-order valence-corrected chi connectivity index (χ0v) is 15.2. The van der Waals surface area contributed by atoms with E-state index in [9.17, 15) is 14.4 Å². The van der Waals surface area contributed by atoms with Crippen LogP contribution < -0.4 is 11.0 Å². The Morgan fingerprint density at radius 2 is 1.73 bits per heavy atom. The highest BCUT2D eigenvalue weighted by atomic mass is 16.2. The van der Waals surface area contributed by atoms with Crippen molar-refractivity contribution in [3.05, 3.63) is 34.2 Å². The number of aromatic nitrogens is 2. The predicted octanol–water partition coefficient (Wildman–Crippen LogP) is 1.13. The predicted molar refractivity (Wildman–Crippen MR) is 98.1 cm³/mol. The van der Waals surface area contributed by atoms with Gasteiger partial charge in [-0.15, -0.1) is 0 Å². The molecule has 0 radical (unpaired) electrons. The monoisotopic (exact) mass is 356 g/mol. The van der Waals surface area contributed by atoms with Crippen molar-refractivity contribution in [3.63, 3.8) is 0 Å². The van der Waals surface area contributed by atoms with Gasteiger partial charge in [0.2, 0.25) is 11.8 Å². The third kappa shape index (κ3) is 2.76. The minimum Gasteiger partial charge on any atom is -0.306 e. The van der Waals surface area contributed by atoms with Gasteiger partial charge >= 0.3 is 5.69 Å². The Balaban J connectivity index is 1.74. The van der Waals surface area contributed by atoms with E-state index < -0.39 is 11.9 Å². The summed E-state index contributed by atoms with van der Waals surface area (Å²) in [5.74, 6) is -0.163. The van der Waals surface area contributed by atoms with Crippen molar-refractivity contribution in [2.75, 3.05) is 20.1 Å². The minimum atomic E-state index is -0.627. The van der Waals surface area contributed by atoms with E-state index in [0.29, 0.717) is 12.3 Å². The largest absolute Gasteiger partial charge is 0.329 e. The molecule has 2 saturated heterocycles. The molecule has 1 atom stereocenters. The van der Waals surface area contributed by atoms with Crippen LogP contribution >= 0.6 is 0 Å². The summed E-state index contributed by atoms with van der Waals surface area (Å²) in [5.41, 5.74) is 2.64. The standard InChI is InChI=1S/C19H24N4O3/c1-21-9-7-12(8-10-21)13-3-4-14-16(11-13)22(2)19(26)23(14)15-5-6-17(24)20-18(15)25/h3-4,11-12,15H,5-10H2,1-2H3,(H,20,24,25). The van der Waals surface area contributed by atoms with Gasteiger partial charge in [0, 0.05) is 13.5 Å². The molecule has 0 aliphatic carbocycles. The van der Waals surface area contributed by atoms with E-state index in [4.69, 9.17) is 0 Å². The lowest BCUT2D eigenvalue weighted by Crippen LogP contribution is -2.44. The summed E-state index contributed by atoms with van der Waals surface area (Å²) in [7, 11) is 3.88. The van der Waals surface area contributed by atoms with Crippen molar-refractivity contribution in [2.45, 2.75) is 37.6 Å². The molecular weight excluding hydrogens is 332 g/mol. The van der Waals surface area contributed by atoms with Crippen LogP contribution in [0.4, 0.5) is 0 Å². The molecule has 0 saturated carbocycles. The van der Waals surface area contributed by atoms with Gasteiger partial charge in [-0.3, -0.25) is 24.0 Å². The molecule has 0 bridgehead atoms. The van der Waals surface area contributed by atoms with Crippen LogP contribution in [0.2, 0.25) is 0 Å². The van der Waals surface area contributed by atoms with Crippen LogP contribution in [0.5, 0.6) is 0 Å². The summed E-state index contributed by atoms with van der Waals surface area (Å²) in [6.07, 6.45) is 2.85. The first-order chi connectivity index (χ1) is 12.5. The first-order valence-corrected chi connectivity index (χ1v) is 9.19. The number of amides is 2. The van der Waals surface area contributed by atoms with Crippen LogP contribution in [-0.2, 0) is 16.6 Å². The van der Waals surface area contributed by atoms with Gasteiger partial charge in [-0.05, 0) is 63.0 Å². The smallest absolute Gasteiger partial charge is 0.306 e. The molecule has 0 spiro atoms. The summed E-state index contributed by atoms with van der Waals surface area (Å²) < 4.78 is 3.15. The second-order valence-corrected chi connectivity index (χ2v) is 7.50. The number of carbonyl (C=O) groups excluding carboxylic acids is 2. The number of nitrogens with one attached hydrogen (secondary N) is 1. The Morgan fingerprint density at radius 3 is 2.42 bits per heavy atom. The van der Waals surface area contributed by atoms with Gasteiger partial charge in [-0.2, -0.15) is 0 Å². The Kier molecular flexibility index (Phi) is 4.19. The molecular formula is C19H24N4O3. The van der Waals surface area contributed by atoms with E-state index in [0.717, 1.165) is 37.0 Å². The van der Waals surface area contributed by atoms with Crippen LogP contribution in [0.1, 0.15) is 43.2 Å². The number of nitrogens with zero attached hydrogens (tertiary/aromatic N) is 3. The van der Waals surface area contributed by atoms with Gasteiger partial charge in [-0.25, -0.2) is 4.79 Å². The molecule has 3 heterocycles. The SMILES string of the molecule is CN1CCC(c2ccc3c(c2)n(C)c(=O)n3C2CCC(=O)NC2=O)CC1. The van der Waals surface area contributed by atoms with Crippen molar-refractivity contribution in [1.29, 1.82) is 0 Å². The number of hydrogen-bond acceptors (Lipinski definition) is 4.